The van der Waals surface area contributed by atoms with Gasteiger partial charge >= 0.3 is 0 Å². The Morgan fingerprint density at radius 3 is 2.06 bits per heavy atom. The van der Waals surface area contributed by atoms with E-state index in [0.29, 0.717) is 6.54 Å². The van der Waals surface area contributed by atoms with Crippen LogP contribution in [0.4, 0.5) is 0 Å². The summed E-state index contributed by atoms with van der Waals surface area (Å²) in [6.07, 6.45) is 0. The van der Waals surface area contributed by atoms with E-state index >= 15 is 0 Å². The van der Waals surface area contributed by atoms with Crippen LogP contribution in [-0.2, 0) is 9.59 Å². The molecule has 98 valence electrons. The zero-order valence-corrected chi connectivity index (χ0v) is 11.9. The Morgan fingerprint density at radius 2 is 1.76 bits per heavy atom. The van der Waals surface area contributed by atoms with Gasteiger partial charge in [-0.1, -0.05) is 12.2 Å². The molecule has 0 aliphatic rings. The maximum Gasteiger partial charge on any atom is 0.241 e. The van der Waals surface area contributed by atoms with E-state index in [1.165, 1.54) is 9.80 Å². The molecule has 0 aromatic rings. The summed E-state index contributed by atoms with van der Waals surface area (Å²) in [4.78, 5) is 26.8. The van der Waals surface area contributed by atoms with E-state index in [0.717, 1.165) is 0 Å². The Labute approximate surface area is 108 Å². The number of thiocarbonyl (C=S) groups is 1. The minimum atomic E-state index is -0.919. The van der Waals surface area contributed by atoms with Crippen LogP contribution in [0.5, 0.6) is 0 Å². The highest BCUT2D eigenvalue weighted by Crippen LogP contribution is 2.19. The molecule has 0 aliphatic heterocycles. The summed E-state index contributed by atoms with van der Waals surface area (Å²) in [6.45, 7) is 5.65. The Morgan fingerprint density at radius 1 is 1.29 bits per heavy atom. The van der Waals surface area contributed by atoms with Crippen molar-refractivity contribution in [1.82, 2.24) is 9.80 Å². The first-order chi connectivity index (χ1) is 7.64. The first-order valence-corrected chi connectivity index (χ1v) is 5.84. The Balaban J connectivity index is 4.85. The lowest BCUT2D eigenvalue weighted by atomic mass is 9.91. The molecule has 0 aromatic heterocycles. The van der Waals surface area contributed by atoms with Crippen LogP contribution >= 0.6 is 12.2 Å². The van der Waals surface area contributed by atoms with Gasteiger partial charge in [0.15, 0.2) is 0 Å². The largest absolute Gasteiger partial charge is 0.392 e. The van der Waals surface area contributed by atoms with Crippen LogP contribution in [-0.4, -0.2) is 53.8 Å². The van der Waals surface area contributed by atoms with E-state index in [4.69, 9.17) is 18.0 Å². The summed E-state index contributed by atoms with van der Waals surface area (Å²) in [5.41, 5.74) is 4.62. The van der Waals surface area contributed by atoms with Crippen LogP contribution in [0.3, 0.4) is 0 Å². The normalized spacial score (nSPS) is 10.9. The molecular formula is C11H21N3O2S. The molecule has 0 atom stereocenters. The first kappa shape index (κ1) is 15.8. The number of nitrogens with two attached hydrogens (primary N) is 1. The van der Waals surface area contributed by atoms with Crippen molar-refractivity contribution < 1.29 is 9.59 Å². The number of carbonyl (C=O) groups is 2. The van der Waals surface area contributed by atoms with E-state index in [2.05, 4.69) is 0 Å². The summed E-state index contributed by atoms with van der Waals surface area (Å²) in [6, 6.07) is 0. The summed E-state index contributed by atoms with van der Waals surface area (Å²) in [5.74, 6) is -0.346. The number of likely N-dealkylation sites (N-methyl/N-ethyl adjacent to an activating group) is 2. The zero-order chi connectivity index (χ0) is 13.8. The maximum absolute atomic E-state index is 12.2. The van der Waals surface area contributed by atoms with Crippen LogP contribution in [0.1, 0.15) is 20.8 Å². The predicted molar refractivity (Wildman–Crippen MR) is 71.5 cm³/mol. The Bertz CT molecular complexity index is 327. The van der Waals surface area contributed by atoms with E-state index in [1.54, 1.807) is 27.9 Å². The number of nitrogens with zero attached hydrogens (tertiary/aromatic N) is 2. The third-order valence-corrected chi connectivity index (χ3v) is 3.15. The molecule has 2 amide bonds. The molecule has 0 saturated heterocycles. The Kier molecular flexibility index (Phi) is 5.54. The highest BCUT2D eigenvalue weighted by atomic mass is 32.1. The number of amides is 2. The molecular weight excluding hydrogens is 238 g/mol. The van der Waals surface area contributed by atoms with Crippen molar-refractivity contribution in [2.75, 3.05) is 27.2 Å². The predicted octanol–water partition coefficient (Wildman–Crippen LogP) is 0.235. The molecule has 0 aliphatic carbocycles. The van der Waals surface area contributed by atoms with Crippen molar-refractivity contribution in [3.8, 4) is 0 Å². The molecule has 0 unspecified atom stereocenters. The molecule has 0 radical (unpaired) electrons. The second-order valence-corrected chi connectivity index (χ2v) is 5.04. The molecule has 17 heavy (non-hydrogen) atoms. The zero-order valence-electron chi connectivity index (χ0n) is 11.1. The average molecular weight is 259 g/mol. The van der Waals surface area contributed by atoms with Gasteiger partial charge in [-0.25, -0.2) is 0 Å². The van der Waals surface area contributed by atoms with Gasteiger partial charge in [-0.3, -0.25) is 9.59 Å². The van der Waals surface area contributed by atoms with Gasteiger partial charge in [-0.05, 0) is 20.8 Å². The minimum Gasteiger partial charge on any atom is -0.392 e. The Hall–Kier alpha value is -1.17. The fourth-order valence-corrected chi connectivity index (χ4v) is 1.22. The SMILES string of the molecule is CCN(CC(=O)N(C)C)C(=O)C(C)(C)C(N)=S. The van der Waals surface area contributed by atoms with Crippen LogP contribution in [0.15, 0.2) is 0 Å². The van der Waals surface area contributed by atoms with Gasteiger partial charge in [0.2, 0.25) is 11.8 Å². The fraction of sp³-hybridized carbons (Fsp3) is 0.727. The molecule has 0 aromatic carbocycles. The van der Waals surface area contributed by atoms with Crippen LogP contribution in [0, 0.1) is 5.41 Å². The number of rotatable bonds is 5. The molecule has 0 saturated carbocycles. The second-order valence-electron chi connectivity index (χ2n) is 4.60. The first-order valence-electron chi connectivity index (χ1n) is 5.44. The number of carbonyl (C=O) groups excluding carboxylic acids is 2. The third-order valence-electron chi connectivity index (χ3n) is 2.64. The lowest BCUT2D eigenvalue weighted by molar-refractivity contribution is -0.142. The lowest BCUT2D eigenvalue weighted by Gasteiger charge is -2.30. The van der Waals surface area contributed by atoms with E-state index in [1.807, 2.05) is 6.92 Å². The monoisotopic (exact) mass is 259 g/mol. The van der Waals surface area contributed by atoms with Crippen LogP contribution in [0.2, 0.25) is 0 Å². The smallest absolute Gasteiger partial charge is 0.241 e. The van der Waals surface area contributed by atoms with Crippen molar-refractivity contribution in [3.05, 3.63) is 0 Å². The summed E-state index contributed by atoms with van der Waals surface area (Å²) >= 11 is 4.88. The van der Waals surface area contributed by atoms with Crippen molar-refractivity contribution >= 4 is 29.0 Å². The molecule has 0 fully saturated rings. The van der Waals surface area contributed by atoms with Gasteiger partial charge in [-0.2, -0.15) is 0 Å². The molecule has 0 bridgehead atoms. The summed E-state index contributed by atoms with van der Waals surface area (Å²) in [7, 11) is 3.30. The minimum absolute atomic E-state index is 0.0500. The van der Waals surface area contributed by atoms with Gasteiger partial charge in [0, 0.05) is 20.6 Å². The molecule has 2 N–H and O–H groups in total. The van der Waals surface area contributed by atoms with E-state index < -0.39 is 5.41 Å². The fourth-order valence-electron chi connectivity index (χ4n) is 1.13. The number of hydrogen-bond donors (Lipinski definition) is 1. The molecule has 0 heterocycles. The van der Waals surface area contributed by atoms with Gasteiger partial charge in [0.25, 0.3) is 0 Å². The lowest BCUT2D eigenvalue weighted by Crippen LogP contribution is -2.49. The molecule has 0 rings (SSSR count). The standard InChI is InChI=1S/C11H21N3O2S/c1-6-14(7-8(15)13(4)5)10(16)11(2,3)9(12)17/h6-7H2,1-5H3,(H2,12,17). The second kappa shape index (κ2) is 5.95. The van der Waals surface area contributed by atoms with Gasteiger partial charge in [0.05, 0.1) is 16.9 Å². The molecule has 0 spiro atoms. The van der Waals surface area contributed by atoms with Crippen LogP contribution < -0.4 is 5.73 Å². The van der Waals surface area contributed by atoms with Crippen molar-refractivity contribution in [3.63, 3.8) is 0 Å². The van der Waals surface area contributed by atoms with Crippen molar-refractivity contribution in [2.45, 2.75) is 20.8 Å². The van der Waals surface area contributed by atoms with Gasteiger partial charge < -0.3 is 15.5 Å². The van der Waals surface area contributed by atoms with E-state index in [-0.39, 0.29) is 23.3 Å². The maximum atomic E-state index is 12.2. The average Bonchev–Trinajstić information content (AvgIpc) is 2.23. The summed E-state index contributed by atoms with van der Waals surface area (Å²) < 4.78 is 0. The quantitative estimate of drug-likeness (QED) is 0.718. The highest BCUT2D eigenvalue weighted by Gasteiger charge is 2.35. The van der Waals surface area contributed by atoms with Crippen molar-refractivity contribution in [1.29, 1.82) is 0 Å². The third kappa shape index (κ3) is 3.96. The molecule has 5 nitrogen and oxygen atoms in total. The highest BCUT2D eigenvalue weighted by molar-refractivity contribution is 7.80. The van der Waals surface area contributed by atoms with Gasteiger partial charge in [0.1, 0.15) is 0 Å². The summed E-state index contributed by atoms with van der Waals surface area (Å²) in [5, 5.41) is 0. The number of hydrogen-bond acceptors (Lipinski definition) is 3. The topological polar surface area (TPSA) is 66.6 Å². The molecule has 6 heteroatoms. The van der Waals surface area contributed by atoms with Crippen molar-refractivity contribution in [2.24, 2.45) is 11.1 Å². The van der Waals surface area contributed by atoms with Gasteiger partial charge in [-0.15, -0.1) is 0 Å². The van der Waals surface area contributed by atoms with E-state index in [9.17, 15) is 9.59 Å². The van der Waals surface area contributed by atoms with Crippen LogP contribution in [0.25, 0.3) is 0 Å².